The van der Waals surface area contributed by atoms with Crippen molar-refractivity contribution in [3.05, 3.63) is 58.5 Å². The Bertz CT molecular complexity index is 876. The topological polar surface area (TPSA) is 54.5 Å². The molecule has 4 nitrogen and oxygen atoms in total. The second kappa shape index (κ2) is 6.80. The summed E-state index contributed by atoms with van der Waals surface area (Å²) < 4.78 is 2.12. The number of benzene rings is 1. The van der Waals surface area contributed by atoms with Crippen LogP contribution in [-0.4, -0.2) is 14.5 Å². The van der Waals surface area contributed by atoms with E-state index in [0.717, 1.165) is 41.8 Å². The average Bonchev–Trinajstić information content (AvgIpc) is 2.89. The van der Waals surface area contributed by atoms with Crippen molar-refractivity contribution in [3.8, 4) is 6.07 Å². The number of imidazole rings is 1. The molecule has 2 aromatic heterocycles. The molecule has 0 aliphatic carbocycles. The van der Waals surface area contributed by atoms with Gasteiger partial charge in [0.05, 0.1) is 23.2 Å². The highest BCUT2D eigenvalue weighted by Gasteiger charge is 2.12. The fourth-order valence-corrected chi connectivity index (χ4v) is 2.80. The van der Waals surface area contributed by atoms with E-state index in [1.807, 2.05) is 30.3 Å². The molecule has 0 bridgehead atoms. The van der Waals surface area contributed by atoms with Crippen LogP contribution in [0.3, 0.4) is 0 Å². The van der Waals surface area contributed by atoms with Crippen LogP contribution in [-0.2, 0) is 13.0 Å². The Balaban J connectivity index is 2.04. The number of nitrogens with zero attached hydrogens (tertiary/aromatic N) is 4. The largest absolute Gasteiger partial charge is 0.308 e. The van der Waals surface area contributed by atoms with Crippen molar-refractivity contribution in [2.45, 2.75) is 32.7 Å². The number of hydrogen-bond donors (Lipinski definition) is 0. The number of rotatable bonds is 5. The zero-order valence-electron chi connectivity index (χ0n) is 13.0. The van der Waals surface area contributed by atoms with E-state index in [2.05, 4.69) is 22.5 Å². The average molecular weight is 325 g/mol. The Morgan fingerprint density at radius 2 is 2.17 bits per heavy atom. The van der Waals surface area contributed by atoms with Crippen molar-refractivity contribution in [2.75, 3.05) is 0 Å². The van der Waals surface area contributed by atoms with Gasteiger partial charge in [-0.3, -0.25) is 0 Å². The summed E-state index contributed by atoms with van der Waals surface area (Å²) in [6.45, 7) is 2.82. The molecule has 0 amide bonds. The highest BCUT2D eigenvalue weighted by Crippen LogP contribution is 2.21. The van der Waals surface area contributed by atoms with Gasteiger partial charge in [0.2, 0.25) is 0 Å². The number of hydrogen-bond acceptors (Lipinski definition) is 3. The molecule has 3 aromatic rings. The number of nitriles is 1. The first-order valence-corrected chi connectivity index (χ1v) is 8.08. The third-order valence-corrected chi connectivity index (χ3v) is 3.99. The van der Waals surface area contributed by atoms with Crippen LogP contribution in [0.2, 0.25) is 5.02 Å². The molecular weight excluding hydrogens is 308 g/mol. The molecule has 0 saturated heterocycles. The molecule has 23 heavy (non-hydrogen) atoms. The molecule has 1 aromatic carbocycles. The molecule has 0 unspecified atom stereocenters. The Labute approximate surface area is 140 Å². The predicted octanol–water partition coefficient (Wildman–Crippen LogP) is 4.35. The van der Waals surface area contributed by atoms with Crippen LogP contribution >= 0.6 is 11.6 Å². The monoisotopic (exact) mass is 324 g/mol. The number of aromatic nitrogens is 3. The number of halogens is 1. The molecule has 5 heteroatoms. The molecule has 3 rings (SSSR count). The standard InChI is InChI=1S/C18H17ClN4/c1-2-3-7-17-22-16-9-15(19)11-21-18(16)23(17)12-14-6-4-5-13(8-14)10-20/h4-6,8-9,11H,2-3,7,12H2,1H3. The highest BCUT2D eigenvalue weighted by molar-refractivity contribution is 6.31. The van der Waals surface area contributed by atoms with Gasteiger partial charge in [-0.15, -0.1) is 0 Å². The molecule has 2 heterocycles. The van der Waals surface area contributed by atoms with Crippen LogP contribution in [0.1, 0.15) is 36.7 Å². The first kappa shape index (κ1) is 15.5. The van der Waals surface area contributed by atoms with Gasteiger partial charge in [0.25, 0.3) is 0 Å². The molecule has 0 radical (unpaired) electrons. The maximum absolute atomic E-state index is 9.07. The number of aryl methyl sites for hydroxylation is 1. The third kappa shape index (κ3) is 3.35. The van der Waals surface area contributed by atoms with Crippen molar-refractivity contribution in [2.24, 2.45) is 0 Å². The van der Waals surface area contributed by atoms with Crippen molar-refractivity contribution in [1.82, 2.24) is 14.5 Å². The van der Waals surface area contributed by atoms with Crippen LogP contribution in [0.5, 0.6) is 0 Å². The van der Waals surface area contributed by atoms with E-state index in [1.54, 1.807) is 6.20 Å². The molecule has 0 spiro atoms. The van der Waals surface area contributed by atoms with Gasteiger partial charge in [0.15, 0.2) is 5.65 Å². The van der Waals surface area contributed by atoms with E-state index in [4.69, 9.17) is 21.8 Å². The summed E-state index contributed by atoms with van der Waals surface area (Å²) in [6, 6.07) is 11.7. The van der Waals surface area contributed by atoms with E-state index in [9.17, 15) is 0 Å². The molecule has 116 valence electrons. The van der Waals surface area contributed by atoms with E-state index in [0.29, 0.717) is 17.1 Å². The van der Waals surface area contributed by atoms with Gasteiger partial charge in [0, 0.05) is 12.6 Å². The lowest BCUT2D eigenvalue weighted by molar-refractivity contribution is 0.686. The quantitative estimate of drug-likeness (QED) is 0.701. The minimum atomic E-state index is 0.593. The maximum Gasteiger partial charge on any atom is 0.160 e. The van der Waals surface area contributed by atoms with E-state index in [1.165, 1.54) is 0 Å². The summed E-state index contributed by atoms with van der Waals surface area (Å²) >= 11 is 6.04. The zero-order valence-corrected chi connectivity index (χ0v) is 13.7. The summed E-state index contributed by atoms with van der Waals surface area (Å²) in [6.07, 6.45) is 4.75. The molecule has 0 atom stereocenters. The fourth-order valence-electron chi connectivity index (χ4n) is 2.65. The Morgan fingerprint density at radius 3 is 2.96 bits per heavy atom. The van der Waals surface area contributed by atoms with Gasteiger partial charge < -0.3 is 4.57 Å². The predicted molar refractivity (Wildman–Crippen MR) is 91.4 cm³/mol. The Kier molecular flexibility index (Phi) is 4.59. The highest BCUT2D eigenvalue weighted by atomic mass is 35.5. The van der Waals surface area contributed by atoms with E-state index < -0.39 is 0 Å². The van der Waals surface area contributed by atoms with Crippen LogP contribution < -0.4 is 0 Å². The summed E-state index contributed by atoms with van der Waals surface area (Å²) in [4.78, 5) is 9.15. The Morgan fingerprint density at radius 1 is 1.30 bits per heavy atom. The second-order valence-corrected chi connectivity index (χ2v) is 5.96. The minimum absolute atomic E-state index is 0.593. The molecular formula is C18H17ClN4. The van der Waals surface area contributed by atoms with Crippen molar-refractivity contribution in [3.63, 3.8) is 0 Å². The third-order valence-electron chi connectivity index (χ3n) is 3.78. The summed E-state index contributed by atoms with van der Waals surface area (Å²) in [7, 11) is 0. The lowest BCUT2D eigenvalue weighted by Crippen LogP contribution is -2.06. The van der Waals surface area contributed by atoms with E-state index >= 15 is 0 Å². The van der Waals surface area contributed by atoms with Crippen molar-refractivity contribution < 1.29 is 0 Å². The van der Waals surface area contributed by atoms with E-state index in [-0.39, 0.29) is 0 Å². The van der Waals surface area contributed by atoms with Gasteiger partial charge in [0.1, 0.15) is 11.3 Å². The fraction of sp³-hybridized carbons (Fsp3) is 0.278. The van der Waals surface area contributed by atoms with Gasteiger partial charge >= 0.3 is 0 Å². The van der Waals surface area contributed by atoms with Crippen LogP contribution in [0.15, 0.2) is 36.5 Å². The van der Waals surface area contributed by atoms with Crippen LogP contribution in [0.25, 0.3) is 11.2 Å². The number of fused-ring (bicyclic) bond motifs is 1. The van der Waals surface area contributed by atoms with Gasteiger partial charge in [-0.1, -0.05) is 37.1 Å². The SMILES string of the molecule is CCCCc1nc2cc(Cl)cnc2n1Cc1cccc(C#N)c1. The number of unbranched alkanes of at least 4 members (excludes halogenated alkanes) is 1. The zero-order chi connectivity index (χ0) is 16.2. The molecule has 0 aliphatic heterocycles. The smallest absolute Gasteiger partial charge is 0.160 e. The number of pyridine rings is 1. The summed E-state index contributed by atoms with van der Waals surface area (Å²) in [5.41, 5.74) is 3.39. The summed E-state index contributed by atoms with van der Waals surface area (Å²) in [5.74, 6) is 1.01. The first-order valence-electron chi connectivity index (χ1n) is 7.71. The molecule has 0 N–H and O–H groups in total. The van der Waals surface area contributed by atoms with Crippen LogP contribution in [0.4, 0.5) is 0 Å². The first-order chi connectivity index (χ1) is 11.2. The van der Waals surface area contributed by atoms with Gasteiger partial charge in [-0.05, 0) is 30.2 Å². The summed E-state index contributed by atoms with van der Waals surface area (Å²) in [5, 5.41) is 9.66. The van der Waals surface area contributed by atoms with Crippen LogP contribution in [0, 0.1) is 11.3 Å². The molecule has 0 fully saturated rings. The lowest BCUT2D eigenvalue weighted by Gasteiger charge is -2.09. The van der Waals surface area contributed by atoms with Crippen molar-refractivity contribution in [1.29, 1.82) is 5.26 Å². The molecule has 0 aliphatic rings. The van der Waals surface area contributed by atoms with Crippen molar-refractivity contribution >= 4 is 22.8 Å². The molecule has 0 saturated carbocycles. The Hall–Kier alpha value is -2.38. The normalized spacial score (nSPS) is 10.8. The van der Waals surface area contributed by atoms with Gasteiger partial charge in [-0.25, -0.2) is 9.97 Å². The maximum atomic E-state index is 9.07. The lowest BCUT2D eigenvalue weighted by atomic mass is 10.1. The van der Waals surface area contributed by atoms with Gasteiger partial charge in [-0.2, -0.15) is 5.26 Å². The second-order valence-electron chi connectivity index (χ2n) is 5.53. The minimum Gasteiger partial charge on any atom is -0.308 e.